The number of carbonyl (C=O) groups excluding carboxylic acids is 2. The van der Waals surface area contributed by atoms with Gasteiger partial charge in [0.1, 0.15) is 11.0 Å². The van der Waals surface area contributed by atoms with E-state index in [0.717, 1.165) is 0 Å². The molecule has 0 aliphatic carbocycles. The second-order valence-electron chi connectivity index (χ2n) is 5.01. The van der Waals surface area contributed by atoms with Crippen LogP contribution in [0.15, 0.2) is 0 Å². The average Bonchev–Trinajstić information content (AvgIpc) is 2.10. The molecule has 7 heteroatoms. The second-order valence-corrected chi connectivity index (χ2v) is 5.01. The molecule has 17 heavy (non-hydrogen) atoms. The molecule has 7 nitrogen and oxygen atoms in total. The van der Waals surface area contributed by atoms with Gasteiger partial charge in [0, 0.05) is 0 Å². The number of amides is 2. The zero-order valence-electron chi connectivity index (χ0n) is 10.6. The summed E-state index contributed by atoms with van der Waals surface area (Å²) in [6.45, 7) is 7.43. The maximum absolute atomic E-state index is 11.4. The van der Waals surface area contributed by atoms with E-state index in [0.29, 0.717) is 0 Å². The van der Waals surface area contributed by atoms with Gasteiger partial charge < -0.3 is 9.84 Å². The summed E-state index contributed by atoms with van der Waals surface area (Å²) < 4.78 is 4.85. The van der Waals surface area contributed by atoms with Crippen molar-refractivity contribution in [1.29, 1.82) is 0 Å². The third kappa shape index (κ3) is 5.19. The van der Waals surface area contributed by atoms with E-state index < -0.39 is 29.0 Å². The second kappa shape index (κ2) is 5.03. The largest absolute Gasteiger partial charge is 0.480 e. The fraction of sp³-hybridized carbons (Fsp3) is 0.700. The Hall–Kier alpha value is -1.79. The number of hydrogen-bond acceptors (Lipinski definition) is 4. The summed E-state index contributed by atoms with van der Waals surface area (Å²) in [7, 11) is 0. The van der Waals surface area contributed by atoms with Crippen molar-refractivity contribution in [3.05, 3.63) is 0 Å². The molecule has 0 spiro atoms. The van der Waals surface area contributed by atoms with Crippen molar-refractivity contribution in [2.24, 2.45) is 5.41 Å². The van der Waals surface area contributed by atoms with E-state index in [2.05, 4.69) is 0 Å². The van der Waals surface area contributed by atoms with Crippen LogP contribution < -0.4 is 10.9 Å². The number of nitrogens with one attached hydrogen (secondary N) is 2. The molecule has 0 saturated carbocycles. The minimum Gasteiger partial charge on any atom is -0.480 e. The summed E-state index contributed by atoms with van der Waals surface area (Å²) in [4.78, 5) is 33.3. The first kappa shape index (κ1) is 15.2. The van der Waals surface area contributed by atoms with Crippen LogP contribution in [-0.2, 0) is 14.3 Å². The Morgan fingerprint density at radius 1 is 1.00 bits per heavy atom. The molecule has 0 rings (SSSR count). The molecule has 0 bridgehead atoms. The number of hydrazine groups is 1. The van der Waals surface area contributed by atoms with E-state index >= 15 is 0 Å². The first-order valence-corrected chi connectivity index (χ1v) is 4.99. The standard InChI is InChI=1S/C10H18N2O5/c1-9(2,3)17-8(16)12-11-6(13)10(4,5)7(14)15/h1-5H3,(H,11,13)(H,12,16)(H,14,15). The van der Waals surface area contributed by atoms with Gasteiger partial charge >= 0.3 is 12.1 Å². The predicted molar refractivity (Wildman–Crippen MR) is 58.9 cm³/mol. The minimum absolute atomic E-state index is 0.697. The zero-order valence-corrected chi connectivity index (χ0v) is 10.6. The van der Waals surface area contributed by atoms with Gasteiger partial charge in [0.15, 0.2) is 0 Å². The molecule has 0 unspecified atom stereocenters. The maximum atomic E-state index is 11.4. The fourth-order valence-electron chi connectivity index (χ4n) is 0.665. The summed E-state index contributed by atoms with van der Waals surface area (Å²) in [6, 6.07) is 0. The molecule has 0 atom stereocenters. The van der Waals surface area contributed by atoms with Crippen LogP contribution in [0.3, 0.4) is 0 Å². The highest BCUT2D eigenvalue weighted by atomic mass is 16.6. The highest BCUT2D eigenvalue weighted by Crippen LogP contribution is 2.14. The van der Waals surface area contributed by atoms with Crippen molar-refractivity contribution in [2.45, 2.75) is 40.2 Å². The van der Waals surface area contributed by atoms with Crippen molar-refractivity contribution < 1.29 is 24.2 Å². The summed E-state index contributed by atoms with van der Waals surface area (Å²) >= 11 is 0. The SMILES string of the molecule is CC(C)(C)OC(=O)NNC(=O)C(C)(C)C(=O)O. The van der Waals surface area contributed by atoms with Crippen LogP contribution in [-0.4, -0.2) is 28.7 Å². The van der Waals surface area contributed by atoms with Crippen LogP contribution in [0.25, 0.3) is 0 Å². The van der Waals surface area contributed by atoms with Crippen molar-refractivity contribution >= 4 is 18.0 Å². The van der Waals surface area contributed by atoms with Crippen LogP contribution >= 0.6 is 0 Å². The van der Waals surface area contributed by atoms with Gasteiger partial charge in [0.05, 0.1) is 0 Å². The molecule has 0 aliphatic rings. The quantitative estimate of drug-likeness (QED) is 0.490. The van der Waals surface area contributed by atoms with Crippen molar-refractivity contribution in [3.63, 3.8) is 0 Å². The van der Waals surface area contributed by atoms with Crippen molar-refractivity contribution in [3.8, 4) is 0 Å². The molecular formula is C10H18N2O5. The first-order valence-electron chi connectivity index (χ1n) is 4.99. The van der Waals surface area contributed by atoms with E-state index in [1.807, 2.05) is 10.9 Å². The van der Waals surface area contributed by atoms with E-state index in [1.54, 1.807) is 20.8 Å². The topological polar surface area (TPSA) is 105 Å². The normalized spacial score (nSPS) is 11.6. The predicted octanol–water partition coefficient (Wildman–Crippen LogP) is 0.653. The number of aliphatic carboxylic acids is 1. The smallest absolute Gasteiger partial charge is 0.426 e. The molecule has 98 valence electrons. The Kier molecular flexibility index (Phi) is 4.50. The van der Waals surface area contributed by atoms with Crippen LogP contribution in [0.5, 0.6) is 0 Å². The molecule has 0 aliphatic heterocycles. The van der Waals surface area contributed by atoms with Gasteiger partial charge in [-0.05, 0) is 34.6 Å². The molecule has 0 heterocycles. The molecule has 3 N–H and O–H groups in total. The highest BCUT2D eigenvalue weighted by Gasteiger charge is 2.36. The highest BCUT2D eigenvalue weighted by molar-refractivity contribution is 6.01. The van der Waals surface area contributed by atoms with E-state index in [1.165, 1.54) is 13.8 Å². The lowest BCUT2D eigenvalue weighted by molar-refractivity contribution is -0.153. The summed E-state index contributed by atoms with van der Waals surface area (Å²) in [5.41, 5.74) is 1.63. The van der Waals surface area contributed by atoms with Crippen LogP contribution in [0.2, 0.25) is 0 Å². The average molecular weight is 246 g/mol. The van der Waals surface area contributed by atoms with Gasteiger partial charge in [-0.1, -0.05) is 0 Å². The fourth-order valence-corrected chi connectivity index (χ4v) is 0.665. The Morgan fingerprint density at radius 3 is 1.82 bits per heavy atom. The Bertz CT molecular complexity index is 330. The van der Waals surface area contributed by atoms with E-state index in [4.69, 9.17) is 9.84 Å². The molecule has 0 radical (unpaired) electrons. The minimum atomic E-state index is -1.63. The number of carboxylic acid groups (broad SMARTS) is 1. The third-order valence-corrected chi connectivity index (χ3v) is 1.78. The lowest BCUT2D eigenvalue weighted by atomic mass is 9.93. The van der Waals surface area contributed by atoms with Gasteiger partial charge in [0.25, 0.3) is 5.91 Å². The number of ether oxygens (including phenoxy) is 1. The van der Waals surface area contributed by atoms with Gasteiger partial charge in [0.2, 0.25) is 0 Å². The Morgan fingerprint density at radius 2 is 1.47 bits per heavy atom. The van der Waals surface area contributed by atoms with Crippen LogP contribution in [0.4, 0.5) is 4.79 Å². The summed E-state index contributed by atoms with van der Waals surface area (Å²) in [5.74, 6) is -2.13. The third-order valence-electron chi connectivity index (χ3n) is 1.78. The van der Waals surface area contributed by atoms with Gasteiger partial charge in [-0.15, -0.1) is 0 Å². The molecule has 0 fully saturated rings. The van der Waals surface area contributed by atoms with E-state index in [-0.39, 0.29) is 0 Å². The molecule has 2 amide bonds. The molecular weight excluding hydrogens is 228 g/mol. The van der Waals surface area contributed by atoms with Crippen molar-refractivity contribution in [2.75, 3.05) is 0 Å². The number of rotatable bonds is 2. The number of carbonyl (C=O) groups is 3. The van der Waals surface area contributed by atoms with Crippen LogP contribution in [0, 0.1) is 5.41 Å². The molecule has 0 aromatic rings. The maximum Gasteiger partial charge on any atom is 0.426 e. The van der Waals surface area contributed by atoms with Gasteiger partial charge in [-0.25, -0.2) is 10.2 Å². The zero-order chi connectivity index (χ0) is 13.9. The lowest BCUT2D eigenvalue weighted by Gasteiger charge is -2.22. The summed E-state index contributed by atoms with van der Waals surface area (Å²) in [6.07, 6.45) is -0.855. The molecule has 0 aromatic heterocycles. The van der Waals surface area contributed by atoms with Gasteiger partial charge in [-0.3, -0.25) is 15.0 Å². The number of carboxylic acids is 1. The summed E-state index contributed by atoms with van der Waals surface area (Å²) in [5, 5.41) is 8.76. The van der Waals surface area contributed by atoms with Crippen molar-refractivity contribution in [1.82, 2.24) is 10.9 Å². The first-order chi connectivity index (χ1) is 7.47. The number of hydrogen-bond donors (Lipinski definition) is 3. The monoisotopic (exact) mass is 246 g/mol. The lowest BCUT2D eigenvalue weighted by Crippen LogP contribution is -2.51. The molecule has 0 aromatic carbocycles. The Labute approximate surface area is 99.5 Å². The van der Waals surface area contributed by atoms with Crippen LogP contribution in [0.1, 0.15) is 34.6 Å². The van der Waals surface area contributed by atoms with E-state index in [9.17, 15) is 14.4 Å². The molecule has 0 saturated heterocycles. The Balaban J connectivity index is 4.27. The van der Waals surface area contributed by atoms with Gasteiger partial charge in [-0.2, -0.15) is 0 Å².